The van der Waals surface area contributed by atoms with Gasteiger partial charge in [0.25, 0.3) is 0 Å². The van der Waals surface area contributed by atoms with E-state index >= 15 is 0 Å². The molecule has 0 N–H and O–H groups in total. The van der Waals surface area contributed by atoms with Crippen LogP contribution in [0.5, 0.6) is 0 Å². The Morgan fingerprint density at radius 1 is 0.867 bits per heavy atom. The van der Waals surface area contributed by atoms with Crippen LogP contribution in [0.4, 0.5) is 0 Å². The summed E-state index contributed by atoms with van der Waals surface area (Å²) in [5, 5.41) is 1.83. The predicted octanol–water partition coefficient (Wildman–Crippen LogP) is 9.60. The van der Waals surface area contributed by atoms with Crippen LogP contribution in [0.15, 0.2) is 22.0 Å². The quantitative estimate of drug-likeness (QED) is 0.235. The first-order chi connectivity index (χ1) is 13.4. The predicted molar refractivity (Wildman–Crippen MR) is 141 cm³/mol. The van der Waals surface area contributed by atoms with Gasteiger partial charge in [-0.25, -0.2) is 0 Å². The van der Waals surface area contributed by atoms with E-state index in [1.807, 2.05) is 0 Å². The van der Waals surface area contributed by atoms with Gasteiger partial charge in [-0.3, -0.25) is 0 Å². The molecule has 0 spiro atoms. The number of allylic oxidation sites excluding steroid dienone is 4. The van der Waals surface area contributed by atoms with Crippen LogP contribution in [0.1, 0.15) is 52.4 Å². The van der Waals surface area contributed by atoms with Crippen molar-refractivity contribution in [3.8, 4) is 0 Å². The van der Waals surface area contributed by atoms with Gasteiger partial charge in [0.15, 0.2) is 0 Å². The molecule has 30 heavy (non-hydrogen) atoms. The van der Waals surface area contributed by atoms with E-state index in [0.717, 1.165) is 45.3 Å². The zero-order valence-electron chi connectivity index (χ0n) is 19.6. The molecule has 2 aliphatic heterocycles. The van der Waals surface area contributed by atoms with E-state index in [2.05, 4.69) is 62.6 Å². The summed E-state index contributed by atoms with van der Waals surface area (Å²) in [7, 11) is 8.58. The zero-order chi connectivity index (χ0) is 20.1. The van der Waals surface area contributed by atoms with Crippen molar-refractivity contribution in [2.45, 2.75) is 87.0 Å². The van der Waals surface area contributed by atoms with Gasteiger partial charge >= 0.3 is 37.9 Å². The fourth-order valence-corrected chi connectivity index (χ4v) is 18.1. The van der Waals surface area contributed by atoms with Crippen LogP contribution in [-0.4, -0.2) is 18.6 Å². The van der Waals surface area contributed by atoms with Crippen molar-refractivity contribution in [2.24, 2.45) is 23.7 Å². The average Bonchev–Trinajstić information content (AvgIpc) is 3.36. The Bertz CT molecular complexity index is 621. The Kier molecular flexibility index (Phi) is 10.8. The third-order valence-corrected chi connectivity index (χ3v) is 16.9. The van der Waals surface area contributed by atoms with Gasteiger partial charge in [-0.05, 0) is 58.4 Å². The first-order valence-corrected chi connectivity index (χ1v) is 22.3. The second kappa shape index (κ2) is 11.5. The summed E-state index contributed by atoms with van der Waals surface area (Å²) in [6.07, 6.45) is 14.6. The number of rotatable bonds is 2. The molecule has 0 bridgehead atoms. The van der Waals surface area contributed by atoms with Gasteiger partial charge in [0.2, 0.25) is 0 Å². The molecule has 6 heteroatoms. The fraction of sp³-hybridized carbons (Fsp3) is 0.750. The number of hydrogen-bond donors (Lipinski definition) is 0. The first-order valence-electron chi connectivity index (χ1n) is 11.0. The summed E-state index contributed by atoms with van der Waals surface area (Å²) in [5.41, 5.74) is 2.13. The Morgan fingerprint density at radius 3 is 1.90 bits per heavy atom. The molecule has 0 radical (unpaired) electrons. The van der Waals surface area contributed by atoms with Crippen molar-refractivity contribution in [3.63, 3.8) is 0 Å². The van der Waals surface area contributed by atoms with Crippen LogP contribution in [0.3, 0.4) is 0 Å². The van der Waals surface area contributed by atoms with Crippen LogP contribution in [-0.2, 0) is 20.8 Å². The van der Waals surface area contributed by atoms with Gasteiger partial charge in [-0.15, -0.1) is 23.5 Å². The minimum atomic E-state index is -1.28. The van der Waals surface area contributed by atoms with Crippen molar-refractivity contribution in [1.82, 2.24) is 0 Å². The van der Waals surface area contributed by atoms with Gasteiger partial charge in [0.05, 0.1) is 8.07 Å². The summed E-state index contributed by atoms with van der Waals surface area (Å²) in [6, 6.07) is 0. The summed E-state index contributed by atoms with van der Waals surface area (Å²) >= 11 is 3.72. The standard InChI is InChI=1S/C22H34S2Si.2CH3.2ClH.Zr/c1-13-11-17-18-12-14(2)24-21(18)22(20(17)23-13)25(3,4)19-10-9-15-7-5-6-8-16(15)19;;;;;/h11-12,15-22H,5-10H2,1-4H3;2*1H3;2*1H;/q;2*-1;;;+4/p-2. The molecule has 5 rings (SSSR count). The maximum absolute atomic E-state index is 4.93. The summed E-state index contributed by atoms with van der Waals surface area (Å²) in [5.74, 6) is 3.90. The molecular weight excluding hydrogens is 543 g/mol. The van der Waals surface area contributed by atoms with E-state index in [9.17, 15) is 0 Å². The van der Waals surface area contributed by atoms with Crippen molar-refractivity contribution < 1.29 is 20.8 Å². The van der Waals surface area contributed by atoms with Crippen molar-refractivity contribution in [2.75, 3.05) is 0 Å². The molecule has 5 aliphatic rings. The van der Waals surface area contributed by atoms with E-state index in [4.69, 9.17) is 17.0 Å². The van der Waals surface area contributed by atoms with Gasteiger partial charge in [0.1, 0.15) is 0 Å². The third kappa shape index (κ3) is 5.10. The molecule has 0 aromatic carbocycles. The van der Waals surface area contributed by atoms with Crippen LogP contribution >= 0.6 is 40.5 Å². The van der Waals surface area contributed by atoms with Crippen LogP contribution in [0.25, 0.3) is 0 Å². The maximum atomic E-state index is 4.93. The first kappa shape index (κ1) is 28.1. The van der Waals surface area contributed by atoms with Crippen molar-refractivity contribution >= 4 is 48.6 Å². The molecule has 2 heterocycles. The van der Waals surface area contributed by atoms with E-state index in [0.29, 0.717) is 0 Å². The Hall–Kier alpha value is 1.86. The molecule has 7 unspecified atom stereocenters. The van der Waals surface area contributed by atoms with Gasteiger partial charge in [0, 0.05) is 10.5 Å². The van der Waals surface area contributed by atoms with E-state index in [1.54, 1.807) is 35.5 Å². The average molecular weight is 583 g/mol. The normalized spacial score (nSPS) is 41.0. The molecule has 0 saturated heterocycles. The molecule has 170 valence electrons. The van der Waals surface area contributed by atoms with Gasteiger partial charge in [-0.2, -0.15) is 0 Å². The number of thioether (sulfide) groups is 2. The molecule has 3 fully saturated rings. The second-order valence-corrected chi connectivity index (χ2v) is 21.8. The monoisotopic (exact) mass is 580 g/mol. The Balaban J connectivity index is 0.000000607. The van der Waals surface area contributed by atoms with Gasteiger partial charge in [-0.1, -0.05) is 63.8 Å². The minimum absolute atomic E-state index is 0. The molecule has 7 atom stereocenters. The van der Waals surface area contributed by atoms with E-state index in [-0.39, 0.29) is 14.9 Å². The van der Waals surface area contributed by atoms with Gasteiger partial charge < -0.3 is 14.9 Å². The van der Waals surface area contributed by atoms with Crippen LogP contribution < -0.4 is 0 Å². The van der Waals surface area contributed by atoms with E-state index in [1.165, 1.54) is 12.8 Å². The van der Waals surface area contributed by atoms with Crippen molar-refractivity contribution in [3.05, 3.63) is 36.8 Å². The van der Waals surface area contributed by atoms with E-state index < -0.39 is 28.9 Å². The molecular formula is C24H40Cl2S2SiZr. The van der Waals surface area contributed by atoms with Crippen LogP contribution in [0.2, 0.25) is 24.2 Å². The molecule has 0 aromatic heterocycles. The summed E-state index contributed by atoms with van der Waals surface area (Å²) in [4.78, 5) is 3.24. The molecule has 0 aromatic rings. The number of halogens is 2. The summed E-state index contributed by atoms with van der Waals surface area (Å²) in [6.45, 7) is 10.4. The molecule has 0 amide bonds. The van der Waals surface area contributed by atoms with Crippen LogP contribution in [0, 0.1) is 38.5 Å². The Labute approximate surface area is 215 Å². The second-order valence-electron chi connectivity index (χ2n) is 10.2. The third-order valence-electron chi connectivity index (χ3n) is 8.56. The topological polar surface area (TPSA) is 0 Å². The SMILES string of the molecule is CC1=CC2C3C=C(C)SC3C([Si](C)(C)C3CCC4CCCCC43)C2S1.[CH3-].[CH3-].[Cl][Zr+2][Cl]. The number of hydrogen-bond acceptors (Lipinski definition) is 2. The molecule has 0 nitrogen and oxygen atoms in total. The number of fused-ring (bicyclic) bond motifs is 4. The fourth-order valence-electron chi connectivity index (χ4n) is 7.62. The Morgan fingerprint density at radius 2 is 1.37 bits per heavy atom. The zero-order valence-corrected chi connectivity index (χ0v) is 26.2. The molecule has 3 aliphatic carbocycles. The molecule has 3 saturated carbocycles. The summed E-state index contributed by atoms with van der Waals surface area (Å²) < 4.78 is 0. The van der Waals surface area contributed by atoms with Crippen molar-refractivity contribution in [1.29, 1.82) is 0 Å².